The Morgan fingerprint density at radius 1 is 1.07 bits per heavy atom. The second-order valence-corrected chi connectivity index (χ2v) is 7.32. The lowest BCUT2D eigenvalue weighted by Crippen LogP contribution is -2.50. The van der Waals surface area contributed by atoms with Gasteiger partial charge in [-0.3, -0.25) is 14.5 Å². The Kier molecular flexibility index (Phi) is 7.25. The minimum absolute atomic E-state index is 0.0164. The van der Waals surface area contributed by atoms with Gasteiger partial charge in [-0.15, -0.1) is 0 Å². The van der Waals surface area contributed by atoms with Crippen molar-refractivity contribution in [1.82, 2.24) is 10.2 Å². The standard InChI is InChI=1S/C21H30N4O2/c26-20(23-13-11-18-6-2-1-3-7-18)9-10-21(27)25-16-14-24(15-17-25)19-8-4-5-12-22-19/h4-6,8,12H,1-3,7,9-11,13-17H2,(H,23,26)/p+1. The molecule has 2 N–H and O–H groups in total. The zero-order valence-electron chi connectivity index (χ0n) is 16.1. The Morgan fingerprint density at radius 3 is 2.63 bits per heavy atom. The fourth-order valence-electron chi connectivity index (χ4n) is 3.74. The predicted molar refractivity (Wildman–Crippen MR) is 105 cm³/mol. The molecule has 3 rings (SSSR count). The van der Waals surface area contributed by atoms with Crippen molar-refractivity contribution < 1.29 is 14.6 Å². The van der Waals surface area contributed by atoms with Crippen LogP contribution in [0, 0.1) is 0 Å². The van der Waals surface area contributed by atoms with E-state index in [0.717, 1.165) is 25.3 Å². The number of hydrogen-bond acceptors (Lipinski definition) is 3. The average Bonchev–Trinajstić information content (AvgIpc) is 2.73. The van der Waals surface area contributed by atoms with E-state index < -0.39 is 0 Å². The molecule has 1 aliphatic heterocycles. The first-order valence-corrected chi connectivity index (χ1v) is 10.2. The summed E-state index contributed by atoms with van der Waals surface area (Å²) in [7, 11) is 0. The molecule has 1 saturated heterocycles. The van der Waals surface area contributed by atoms with Gasteiger partial charge in [0, 0.05) is 25.5 Å². The highest BCUT2D eigenvalue weighted by Crippen LogP contribution is 2.19. The Labute approximate surface area is 161 Å². The quantitative estimate of drug-likeness (QED) is 0.745. The van der Waals surface area contributed by atoms with Crippen molar-refractivity contribution in [2.75, 3.05) is 37.6 Å². The molecule has 1 aromatic rings. The number of anilines is 1. The SMILES string of the molecule is O=C(CCC(=O)N1CCN(c2cccc[nH+]2)CC1)NCCC1=CCCCC1. The number of pyridine rings is 1. The predicted octanol–water partition coefficient (Wildman–Crippen LogP) is 1.94. The molecule has 1 aromatic heterocycles. The number of amides is 2. The third-order valence-electron chi connectivity index (χ3n) is 5.38. The molecule has 0 bridgehead atoms. The summed E-state index contributed by atoms with van der Waals surface area (Å²) in [5.74, 6) is 1.14. The number of H-pyrrole nitrogens is 1. The molecule has 0 atom stereocenters. The van der Waals surface area contributed by atoms with E-state index in [-0.39, 0.29) is 18.2 Å². The minimum atomic E-state index is -0.0164. The third-order valence-corrected chi connectivity index (χ3v) is 5.38. The maximum absolute atomic E-state index is 12.4. The summed E-state index contributed by atoms with van der Waals surface area (Å²) in [4.78, 5) is 31.7. The van der Waals surface area contributed by atoms with E-state index in [9.17, 15) is 9.59 Å². The van der Waals surface area contributed by atoms with Crippen LogP contribution in [0.15, 0.2) is 36.0 Å². The van der Waals surface area contributed by atoms with Gasteiger partial charge in [0.15, 0.2) is 0 Å². The molecule has 2 aliphatic rings. The second-order valence-electron chi connectivity index (χ2n) is 7.32. The Balaban J connectivity index is 1.31. The number of aromatic amines is 1. The Morgan fingerprint density at radius 2 is 1.93 bits per heavy atom. The molecule has 6 heteroatoms. The summed E-state index contributed by atoms with van der Waals surface area (Å²) >= 11 is 0. The van der Waals surface area contributed by atoms with Crippen LogP contribution in [0.25, 0.3) is 0 Å². The highest BCUT2D eigenvalue weighted by atomic mass is 16.2. The largest absolute Gasteiger partial charge is 0.356 e. The molecule has 1 aliphatic carbocycles. The van der Waals surface area contributed by atoms with Crippen LogP contribution in [0.4, 0.5) is 5.82 Å². The Bertz CT molecular complexity index is 651. The van der Waals surface area contributed by atoms with E-state index in [0.29, 0.717) is 26.1 Å². The number of nitrogens with zero attached hydrogens (tertiary/aromatic N) is 2. The summed E-state index contributed by atoms with van der Waals surface area (Å²) in [5.41, 5.74) is 1.46. The van der Waals surface area contributed by atoms with Crippen molar-refractivity contribution in [3.05, 3.63) is 36.0 Å². The van der Waals surface area contributed by atoms with Gasteiger partial charge < -0.3 is 10.2 Å². The zero-order valence-corrected chi connectivity index (χ0v) is 16.1. The molecular weight excluding hydrogens is 340 g/mol. The fourth-order valence-corrected chi connectivity index (χ4v) is 3.74. The van der Waals surface area contributed by atoms with Gasteiger partial charge >= 0.3 is 0 Å². The van der Waals surface area contributed by atoms with Crippen molar-refractivity contribution in [2.45, 2.75) is 44.9 Å². The lowest BCUT2D eigenvalue weighted by Gasteiger charge is -2.31. The van der Waals surface area contributed by atoms with Crippen LogP contribution in [-0.4, -0.2) is 49.4 Å². The van der Waals surface area contributed by atoms with Crippen LogP contribution in [-0.2, 0) is 9.59 Å². The number of hydrogen-bond donors (Lipinski definition) is 1. The molecule has 0 aromatic carbocycles. The van der Waals surface area contributed by atoms with Gasteiger partial charge in [-0.25, -0.2) is 4.98 Å². The van der Waals surface area contributed by atoms with E-state index in [1.54, 1.807) is 0 Å². The maximum atomic E-state index is 12.4. The Hall–Kier alpha value is -2.37. The monoisotopic (exact) mass is 371 g/mol. The van der Waals surface area contributed by atoms with Crippen LogP contribution in [0.1, 0.15) is 44.9 Å². The number of allylic oxidation sites excluding steroid dienone is 1. The van der Waals surface area contributed by atoms with Crippen LogP contribution < -0.4 is 15.2 Å². The maximum Gasteiger partial charge on any atom is 0.274 e. The molecule has 0 unspecified atom stereocenters. The second kappa shape index (κ2) is 10.1. The van der Waals surface area contributed by atoms with Crippen molar-refractivity contribution in [3.63, 3.8) is 0 Å². The van der Waals surface area contributed by atoms with Crippen molar-refractivity contribution in [2.24, 2.45) is 0 Å². The number of carbonyl (C=O) groups is 2. The van der Waals surface area contributed by atoms with Crippen molar-refractivity contribution >= 4 is 17.6 Å². The van der Waals surface area contributed by atoms with Gasteiger partial charge in [-0.2, -0.15) is 0 Å². The molecule has 6 nitrogen and oxygen atoms in total. The lowest BCUT2D eigenvalue weighted by molar-refractivity contribution is -0.364. The van der Waals surface area contributed by atoms with E-state index in [1.165, 1.54) is 31.3 Å². The van der Waals surface area contributed by atoms with Gasteiger partial charge in [0.05, 0.1) is 19.3 Å². The summed E-state index contributed by atoms with van der Waals surface area (Å²) in [6, 6.07) is 6.01. The highest BCUT2D eigenvalue weighted by Gasteiger charge is 2.26. The van der Waals surface area contributed by atoms with E-state index in [2.05, 4.69) is 21.3 Å². The zero-order chi connectivity index (χ0) is 18.9. The molecule has 0 saturated carbocycles. The summed E-state index contributed by atoms with van der Waals surface area (Å²) in [6.45, 7) is 3.72. The molecule has 2 heterocycles. The molecular formula is C21H31N4O2+. The van der Waals surface area contributed by atoms with Gasteiger partial charge in [0.1, 0.15) is 13.1 Å². The van der Waals surface area contributed by atoms with Crippen molar-refractivity contribution in [1.29, 1.82) is 0 Å². The van der Waals surface area contributed by atoms with E-state index >= 15 is 0 Å². The van der Waals surface area contributed by atoms with Gasteiger partial charge in [-0.05, 0) is 38.2 Å². The molecule has 0 radical (unpaired) electrons. The third kappa shape index (κ3) is 6.08. The molecule has 0 spiro atoms. The van der Waals surface area contributed by atoms with Gasteiger partial charge in [0.2, 0.25) is 11.8 Å². The van der Waals surface area contributed by atoms with Crippen LogP contribution in [0.3, 0.4) is 0 Å². The lowest BCUT2D eigenvalue weighted by atomic mass is 9.97. The molecule has 2 amide bonds. The first-order valence-electron chi connectivity index (χ1n) is 10.2. The number of nitrogens with one attached hydrogen (secondary N) is 2. The number of carbonyl (C=O) groups excluding carboxylic acids is 2. The minimum Gasteiger partial charge on any atom is -0.356 e. The van der Waals surface area contributed by atoms with Crippen LogP contribution >= 0.6 is 0 Å². The summed E-state index contributed by atoms with van der Waals surface area (Å²) in [5, 5.41) is 2.95. The number of aromatic nitrogens is 1. The van der Waals surface area contributed by atoms with E-state index in [1.807, 2.05) is 29.3 Å². The highest BCUT2D eigenvalue weighted by molar-refractivity contribution is 5.83. The topological polar surface area (TPSA) is 66.8 Å². The van der Waals surface area contributed by atoms with E-state index in [4.69, 9.17) is 0 Å². The number of piperazine rings is 1. The van der Waals surface area contributed by atoms with Crippen LogP contribution in [0.5, 0.6) is 0 Å². The van der Waals surface area contributed by atoms with Gasteiger partial charge in [0.25, 0.3) is 5.82 Å². The number of rotatable bonds is 7. The molecule has 146 valence electrons. The molecule has 1 fully saturated rings. The van der Waals surface area contributed by atoms with Crippen molar-refractivity contribution in [3.8, 4) is 0 Å². The first kappa shape index (κ1) is 19.4. The average molecular weight is 372 g/mol. The summed E-state index contributed by atoms with van der Waals surface area (Å²) in [6.07, 6.45) is 10.6. The molecule has 27 heavy (non-hydrogen) atoms. The fraction of sp³-hybridized carbons (Fsp3) is 0.571. The van der Waals surface area contributed by atoms with Crippen LogP contribution in [0.2, 0.25) is 0 Å². The normalized spacial score (nSPS) is 17.4. The first-order chi connectivity index (χ1) is 13.2. The smallest absolute Gasteiger partial charge is 0.274 e. The summed E-state index contributed by atoms with van der Waals surface area (Å²) < 4.78 is 0. The van der Waals surface area contributed by atoms with Gasteiger partial charge in [-0.1, -0.05) is 17.7 Å².